The number of aliphatic imine (C=N–C) groups is 1. The van der Waals surface area contributed by atoms with Gasteiger partial charge in [0.25, 0.3) is 0 Å². The molecule has 0 bridgehead atoms. The molecule has 4 rings (SSSR count). The van der Waals surface area contributed by atoms with Crippen molar-refractivity contribution < 1.29 is 13.9 Å². The van der Waals surface area contributed by atoms with Gasteiger partial charge in [-0.3, -0.25) is 4.99 Å². The number of hydrogen-bond acceptors (Lipinski definition) is 8. The molecule has 1 unspecified atom stereocenters. The number of rotatable bonds is 9. The van der Waals surface area contributed by atoms with E-state index in [0.717, 1.165) is 25.7 Å². The molecule has 1 saturated heterocycles. The molecule has 9 heteroatoms. The van der Waals surface area contributed by atoms with E-state index in [1.54, 1.807) is 19.2 Å². The molecule has 1 aliphatic carbocycles. The quantitative estimate of drug-likeness (QED) is 0.514. The monoisotopic (exact) mass is 494 g/mol. The van der Waals surface area contributed by atoms with Crippen molar-refractivity contribution in [2.75, 3.05) is 44.1 Å². The zero-order valence-corrected chi connectivity index (χ0v) is 21.1. The van der Waals surface area contributed by atoms with Crippen molar-refractivity contribution in [1.29, 1.82) is 5.26 Å². The van der Waals surface area contributed by atoms with Gasteiger partial charge in [0.15, 0.2) is 5.82 Å². The van der Waals surface area contributed by atoms with Crippen molar-refractivity contribution in [3.63, 3.8) is 0 Å². The van der Waals surface area contributed by atoms with Crippen LogP contribution in [0.15, 0.2) is 35.5 Å². The fraction of sp³-hybridized carbons (Fsp3) is 0.556. The van der Waals surface area contributed by atoms with Crippen LogP contribution in [0.3, 0.4) is 0 Å². The van der Waals surface area contributed by atoms with E-state index in [1.807, 2.05) is 12.1 Å². The number of anilines is 2. The van der Waals surface area contributed by atoms with Crippen molar-refractivity contribution in [3.8, 4) is 17.3 Å². The Labute approximate surface area is 212 Å². The smallest absolute Gasteiger partial charge is 0.151 e. The third kappa shape index (κ3) is 6.77. The first-order chi connectivity index (χ1) is 17.5. The van der Waals surface area contributed by atoms with E-state index in [2.05, 4.69) is 33.6 Å². The number of hydrogen-bond donors (Lipinski definition) is 2. The van der Waals surface area contributed by atoms with E-state index in [1.165, 1.54) is 11.9 Å². The minimum Gasteiger partial charge on any atom is -0.382 e. The van der Waals surface area contributed by atoms with Crippen molar-refractivity contribution in [3.05, 3.63) is 36.3 Å². The summed E-state index contributed by atoms with van der Waals surface area (Å²) in [7, 11) is 1.70. The summed E-state index contributed by atoms with van der Waals surface area (Å²) in [6.45, 7) is 4.35. The predicted octanol–water partition coefficient (Wildman–Crippen LogP) is 4.85. The lowest BCUT2D eigenvalue weighted by Gasteiger charge is -2.30. The van der Waals surface area contributed by atoms with Gasteiger partial charge in [0.2, 0.25) is 0 Å². The highest BCUT2D eigenvalue weighted by atomic mass is 19.1. The summed E-state index contributed by atoms with van der Waals surface area (Å²) < 4.78 is 25.3. The number of ether oxygens (including phenoxy) is 2. The standard InChI is InChI=1S/C27H35FN6O2/c1-19(16-35-2)32-20-6-8-21(9-7-20)33-26-14-22(23(28)15-30-26)24-4-3-5-25(34-24)31-18-27(17-29)10-12-36-13-11-27/h3-5,14-15,19,21H,6-13,16,18H2,1-2H3,(H,30,33)(H,31,34). The summed E-state index contributed by atoms with van der Waals surface area (Å²) in [5.74, 6) is 0.824. The SMILES string of the molecule is COCC(C)N=C1CCC(Nc2cc(-c3cccc(NCC4(C#N)CCOCC4)n3)c(F)cn2)CC1. The van der Waals surface area contributed by atoms with Gasteiger partial charge in [-0.2, -0.15) is 5.26 Å². The maximum atomic E-state index is 14.8. The zero-order valence-electron chi connectivity index (χ0n) is 21.1. The van der Waals surface area contributed by atoms with Gasteiger partial charge in [0, 0.05) is 44.2 Å². The number of nitriles is 1. The van der Waals surface area contributed by atoms with Crippen molar-refractivity contribution in [2.45, 2.75) is 57.5 Å². The van der Waals surface area contributed by atoms with Gasteiger partial charge in [0.05, 0.1) is 36.0 Å². The first-order valence-corrected chi connectivity index (χ1v) is 12.7. The first kappa shape index (κ1) is 26.0. The molecule has 2 aliphatic rings. The summed E-state index contributed by atoms with van der Waals surface area (Å²) in [5.41, 5.74) is 1.68. The average Bonchev–Trinajstić information content (AvgIpc) is 2.90. The second kappa shape index (κ2) is 12.2. The Balaban J connectivity index is 1.40. The maximum Gasteiger partial charge on any atom is 0.151 e. The van der Waals surface area contributed by atoms with E-state index in [-0.39, 0.29) is 12.1 Å². The van der Waals surface area contributed by atoms with Gasteiger partial charge in [-0.25, -0.2) is 14.4 Å². The van der Waals surface area contributed by atoms with Crippen LogP contribution in [0.4, 0.5) is 16.0 Å². The highest BCUT2D eigenvalue weighted by Gasteiger charge is 2.32. The predicted molar refractivity (Wildman–Crippen MR) is 139 cm³/mol. The Bertz CT molecular complexity index is 1090. The van der Waals surface area contributed by atoms with Gasteiger partial charge in [-0.15, -0.1) is 0 Å². The average molecular weight is 495 g/mol. The third-order valence-corrected chi connectivity index (χ3v) is 6.90. The van der Waals surface area contributed by atoms with Gasteiger partial charge < -0.3 is 20.1 Å². The molecule has 2 aromatic rings. The van der Waals surface area contributed by atoms with Crippen LogP contribution in [0.25, 0.3) is 11.3 Å². The lowest BCUT2D eigenvalue weighted by molar-refractivity contribution is 0.0455. The van der Waals surface area contributed by atoms with Crippen molar-refractivity contribution in [1.82, 2.24) is 9.97 Å². The number of nitrogens with one attached hydrogen (secondary N) is 2. The van der Waals surface area contributed by atoms with Crippen LogP contribution >= 0.6 is 0 Å². The van der Waals surface area contributed by atoms with Crippen LogP contribution in [0.1, 0.15) is 45.4 Å². The summed E-state index contributed by atoms with van der Waals surface area (Å²) in [5, 5.41) is 16.4. The molecule has 8 nitrogen and oxygen atoms in total. The normalized spacial score (nSPS) is 20.3. The summed E-state index contributed by atoms with van der Waals surface area (Å²) in [6.07, 6.45) is 6.40. The Morgan fingerprint density at radius 1 is 1.28 bits per heavy atom. The fourth-order valence-electron chi connectivity index (χ4n) is 4.77. The number of methoxy groups -OCH3 is 1. The minimum absolute atomic E-state index is 0.177. The third-order valence-electron chi connectivity index (χ3n) is 6.90. The lowest BCUT2D eigenvalue weighted by Crippen LogP contribution is -2.34. The Hall–Kier alpha value is -3.09. The molecule has 0 spiro atoms. The van der Waals surface area contributed by atoms with Crippen LogP contribution in [-0.2, 0) is 9.47 Å². The van der Waals surface area contributed by atoms with E-state index < -0.39 is 11.2 Å². The molecular weight excluding hydrogens is 459 g/mol. The molecule has 2 fully saturated rings. The lowest BCUT2D eigenvalue weighted by atomic mass is 9.82. The van der Waals surface area contributed by atoms with Crippen LogP contribution < -0.4 is 10.6 Å². The number of aromatic nitrogens is 2. The molecular formula is C27H35FN6O2. The Morgan fingerprint density at radius 2 is 2.06 bits per heavy atom. The molecule has 36 heavy (non-hydrogen) atoms. The first-order valence-electron chi connectivity index (χ1n) is 12.7. The molecule has 2 aromatic heterocycles. The molecule has 2 N–H and O–H groups in total. The molecule has 0 radical (unpaired) electrons. The van der Waals surface area contributed by atoms with Crippen LogP contribution in [0.2, 0.25) is 0 Å². The molecule has 1 atom stereocenters. The highest BCUT2D eigenvalue weighted by molar-refractivity contribution is 5.85. The summed E-state index contributed by atoms with van der Waals surface area (Å²) >= 11 is 0. The van der Waals surface area contributed by atoms with Crippen LogP contribution in [-0.4, -0.2) is 61.2 Å². The Kier molecular flexibility index (Phi) is 8.83. The maximum absolute atomic E-state index is 14.8. The second-order valence-corrected chi connectivity index (χ2v) is 9.73. The molecule has 1 saturated carbocycles. The number of nitrogens with zero attached hydrogens (tertiary/aromatic N) is 4. The van der Waals surface area contributed by atoms with Gasteiger partial charge in [-0.1, -0.05) is 6.07 Å². The van der Waals surface area contributed by atoms with Crippen molar-refractivity contribution in [2.24, 2.45) is 10.4 Å². The van der Waals surface area contributed by atoms with E-state index in [9.17, 15) is 9.65 Å². The summed E-state index contributed by atoms with van der Waals surface area (Å²) in [6, 6.07) is 10.1. The molecule has 3 heterocycles. The van der Waals surface area contributed by atoms with E-state index in [4.69, 9.17) is 14.5 Å². The Morgan fingerprint density at radius 3 is 2.78 bits per heavy atom. The second-order valence-electron chi connectivity index (χ2n) is 9.73. The van der Waals surface area contributed by atoms with E-state index in [0.29, 0.717) is 62.1 Å². The summed E-state index contributed by atoms with van der Waals surface area (Å²) in [4.78, 5) is 13.6. The fourth-order valence-corrected chi connectivity index (χ4v) is 4.77. The van der Waals surface area contributed by atoms with Gasteiger partial charge >= 0.3 is 0 Å². The topological polar surface area (TPSA) is 104 Å². The number of pyridine rings is 2. The highest BCUT2D eigenvalue weighted by Crippen LogP contribution is 2.31. The van der Waals surface area contributed by atoms with Crippen LogP contribution in [0.5, 0.6) is 0 Å². The van der Waals surface area contributed by atoms with Crippen LogP contribution in [0, 0.1) is 22.6 Å². The molecule has 0 amide bonds. The molecule has 0 aromatic carbocycles. The van der Waals surface area contributed by atoms with Crippen molar-refractivity contribution >= 4 is 17.3 Å². The zero-order chi connectivity index (χ0) is 25.4. The van der Waals surface area contributed by atoms with Gasteiger partial charge in [0.1, 0.15) is 11.6 Å². The minimum atomic E-state index is -0.471. The molecule has 192 valence electrons. The largest absolute Gasteiger partial charge is 0.382 e. The van der Waals surface area contributed by atoms with Gasteiger partial charge in [-0.05, 0) is 63.6 Å². The van der Waals surface area contributed by atoms with E-state index >= 15 is 0 Å². The molecule has 1 aliphatic heterocycles. The number of halogens is 1.